The Hall–Kier alpha value is -2.48. The second-order valence-electron chi connectivity index (χ2n) is 5.20. The van der Waals surface area contributed by atoms with Crippen LogP contribution in [0.2, 0.25) is 0 Å². The summed E-state index contributed by atoms with van der Waals surface area (Å²) in [5.74, 6) is -0.128. The second kappa shape index (κ2) is 7.82. The second-order valence-corrected chi connectivity index (χ2v) is 5.92. The quantitative estimate of drug-likeness (QED) is 0.525. The maximum atomic E-state index is 12.5. The normalized spacial score (nSPS) is 13.6. The summed E-state index contributed by atoms with van der Waals surface area (Å²) in [5.41, 5.74) is -0.867. The number of benzene rings is 1. The molecule has 9 heteroatoms. The standard InChI is InChI=1S/C17H15ClF3NO4/c1-3-24-15(23)16(2,18)26-13-7-5-12(6-8-13)25-14-9-4-11(10-22-14)17(19,20)21/h4-10H,3H2,1-2H3. The van der Waals surface area contributed by atoms with Gasteiger partial charge in [0, 0.05) is 19.2 Å². The number of carbonyl (C=O) groups excluding carboxylic acids is 1. The zero-order chi connectivity index (χ0) is 19.4. The summed E-state index contributed by atoms with van der Waals surface area (Å²) in [6.07, 6.45) is -3.78. The predicted molar refractivity (Wildman–Crippen MR) is 87.3 cm³/mol. The summed E-state index contributed by atoms with van der Waals surface area (Å²) in [7, 11) is 0. The first-order valence-corrected chi connectivity index (χ1v) is 7.86. The first kappa shape index (κ1) is 19.8. The molecule has 0 bridgehead atoms. The SMILES string of the molecule is CCOC(=O)C(C)(Cl)Oc1ccc(Oc2ccc(C(F)(F)F)cn2)cc1. The van der Waals surface area contributed by atoms with Crippen LogP contribution in [0.5, 0.6) is 17.4 Å². The third kappa shape index (κ3) is 5.26. The molecule has 1 atom stereocenters. The molecule has 5 nitrogen and oxygen atoms in total. The van der Waals surface area contributed by atoms with Crippen LogP contribution in [0.4, 0.5) is 13.2 Å². The van der Waals surface area contributed by atoms with Crippen LogP contribution in [0.3, 0.4) is 0 Å². The summed E-state index contributed by atoms with van der Waals surface area (Å²) >= 11 is 5.99. The summed E-state index contributed by atoms with van der Waals surface area (Å²) in [6.45, 7) is 3.16. The molecule has 2 aromatic rings. The van der Waals surface area contributed by atoms with Crippen molar-refractivity contribution in [1.29, 1.82) is 0 Å². The van der Waals surface area contributed by atoms with Gasteiger partial charge in [-0.25, -0.2) is 9.78 Å². The van der Waals surface area contributed by atoms with Crippen molar-refractivity contribution in [3.63, 3.8) is 0 Å². The number of nitrogens with zero attached hydrogens (tertiary/aromatic N) is 1. The van der Waals surface area contributed by atoms with Gasteiger partial charge < -0.3 is 14.2 Å². The molecule has 0 spiro atoms. The van der Waals surface area contributed by atoms with Crippen molar-refractivity contribution in [3.05, 3.63) is 48.2 Å². The first-order chi connectivity index (χ1) is 12.1. The van der Waals surface area contributed by atoms with Crippen molar-refractivity contribution in [1.82, 2.24) is 4.98 Å². The zero-order valence-corrected chi connectivity index (χ0v) is 14.6. The Morgan fingerprint density at radius 3 is 2.23 bits per heavy atom. The molecule has 0 aliphatic carbocycles. The van der Waals surface area contributed by atoms with Crippen LogP contribution >= 0.6 is 11.6 Å². The Balaban J connectivity index is 2.02. The van der Waals surface area contributed by atoms with E-state index in [-0.39, 0.29) is 18.2 Å². The van der Waals surface area contributed by atoms with Gasteiger partial charge in [-0.05, 0) is 37.3 Å². The number of esters is 1. The van der Waals surface area contributed by atoms with E-state index in [1.54, 1.807) is 6.92 Å². The summed E-state index contributed by atoms with van der Waals surface area (Å²) in [6, 6.07) is 7.94. The molecule has 2 rings (SSSR count). The summed E-state index contributed by atoms with van der Waals surface area (Å²) in [4.78, 5) is 15.3. The topological polar surface area (TPSA) is 57.7 Å². The van der Waals surface area contributed by atoms with Crippen LogP contribution in [0.15, 0.2) is 42.6 Å². The Bertz CT molecular complexity index is 746. The number of hydrogen-bond acceptors (Lipinski definition) is 5. The van der Waals surface area contributed by atoms with Gasteiger partial charge in [-0.15, -0.1) is 0 Å². The average Bonchev–Trinajstić information content (AvgIpc) is 2.56. The molecule has 1 heterocycles. The summed E-state index contributed by atoms with van der Waals surface area (Å²) < 4.78 is 53.0. The molecule has 0 aliphatic rings. The molecule has 0 saturated carbocycles. The number of pyridine rings is 1. The monoisotopic (exact) mass is 389 g/mol. The highest BCUT2D eigenvalue weighted by Crippen LogP contribution is 2.31. The van der Waals surface area contributed by atoms with Gasteiger partial charge in [0.1, 0.15) is 11.5 Å². The average molecular weight is 390 g/mol. The fraction of sp³-hybridized carbons (Fsp3) is 0.294. The lowest BCUT2D eigenvalue weighted by Gasteiger charge is -2.21. The van der Waals surface area contributed by atoms with Gasteiger partial charge >= 0.3 is 12.1 Å². The zero-order valence-electron chi connectivity index (χ0n) is 13.8. The molecule has 0 amide bonds. The smallest absolute Gasteiger partial charge is 0.417 e. The molecule has 0 radical (unpaired) electrons. The largest absolute Gasteiger partial charge is 0.462 e. The number of hydrogen-bond donors (Lipinski definition) is 0. The van der Waals surface area contributed by atoms with Gasteiger partial charge in [0.05, 0.1) is 12.2 Å². The van der Waals surface area contributed by atoms with Gasteiger partial charge in [-0.1, -0.05) is 11.6 Å². The maximum Gasteiger partial charge on any atom is 0.417 e. The number of ether oxygens (including phenoxy) is 3. The number of carbonyl (C=O) groups is 1. The predicted octanol–water partition coefficient (Wildman–Crippen LogP) is 4.79. The Morgan fingerprint density at radius 2 is 1.73 bits per heavy atom. The van der Waals surface area contributed by atoms with Crippen molar-refractivity contribution in [3.8, 4) is 17.4 Å². The van der Waals surface area contributed by atoms with Crippen molar-refractivity contribution in [2.75, 3.05) is 6.61 Å². The molecule has 1 unspecified atom stereocenters. The van der Waals surface area contributed by atoms with Crippen LogP contribution in [0.25, 0.3) is 0 Å². The minimum absolute atomic E-state index is 0.000346. The lowest BCUT2D eigenvalue weighted by molar-refractivity contribution is -0.153. The number of alkyl halides is 4. The maximum absolute atomic E-state index is 12.5. The van der Waals surface area contributed by atoms with E-state index < -0.39 is 22.8 Å². The van der Waals surface area contributed by atoms with Crippen LogP contribution in [-0.2, 0) is 15.7 Å². The van der Waals surface area contributed by atoms with Gasteiger partial charge in [-0.2, -0.15) is 13.2 Å². The van der Waals surface area contributed by atoms with E-state index in [9.17, 15) is 18.0 Å². The molecule has 1 aromatic heterocycles. The lowest BCUT2D eigenvalue weighted by Crippen LogP contribution is -2.37. The Labute approximate surface area is 152 Å². The van der Waals surface area contributed by atoms with E-state index in [1.165, 1.54) is 31.2 Å². The minimum atomic E-state index is -4.46. The Kier molecular flexibility index (Phi) is 5.97. The number of rotatable bonds is 6. The van der Waals surface area contributed by atoms with E-state index in [1.807, 2.05) is 0 Å². The van der Waals surface area contributed by atoms with E-state index in [0.717, 1.165) is 12.1 Å². The molecule has 0 N–H and O–H groups in total. The minimum Gasteiger partial charge on any atom is -0.462 e. The van der Waals surface area contributed by atoms with Gasteiger partial charge in [-0.3, -0.25) is 0 Å². The van der Waals surface area contributed by atoms with Crippen molar-refractivity contribution < 1.29 is 32.2 Å². The Morgan fingerprint density at radius 1 is 1.12 bits per heavy atom. The molecule has 0 fully saturated rings. The van der Waals surface area contributed by atoms with Crippen molar-refractivity contribution in [2.24, 2.45) is 0 Å². The van der Waals surface area contributed by atoms with E-state index in [4.69, 9.17) is 25.8 Å². The van der Waals surface area contributed by atoms with Gasteiger partial charge in [0.2, 0.25) is 5.88 Å². The molecular formula is C17H15ClF3NO4. The third-order valence-electron chi connectivity index (χ3n) is 3.06. The van der Waals surface area contributed by atoms with E-state index >= 15 is 0 Å². The highest BCUT2D eigenvalue weighted by Gasteiger charge is 2.35. The molecule has 1 aromatic carbocycles. The van der Waals surface area contributed by atoms with Gasteiger partial charge in [0.15, 0.2) is 0 Å². The number of aromatic nitrogens is 1. The van der Waals surface area contributed by atoms with Crippen LogP contribution in [-0.4, -0.2) is 22.6 Å². The highest BCUT2D eigenvalue weighted by molar-refractivity contribution is 6.32. The summed E-state index contributed by atoms with van der Waals surface area (Å²) in [5, 5.41) is -1.69. The molecule has 26 heavy (non-hydrogen) atoms. The van der Waals surface area contributed by atoms with E-state index in [2.05, 4.69) is 4.98 Å². The fourth-order valence-electron chi connectivity index (χ4n) is 1.83. The lowest BCUT2D eigenvalue weighted by atomic mass is 10.3. The third-order valence-corrected chi connectivity index (χ3v) is 3.29. The van der Waals surface area contributed by atoms with Crippen LogP contribution < -0.4 is 9.47 Å². The first-order valence-electron chi connectivity index (χ1n) is 7.48. The molecule has 140 valence electrons. The molecule has 0 saturated heterocycles. The molecule has 0 aliphatic heterocycles. The van der Waals surface area contributed by atoms with Crippen molar-refractivity contribution >= 4 is 17.6 Å². The van der Waals surface area contributed by atoms with Crippen LogP contribution in [0, 0.1) is 0 Å². The fourth-order valence-corrected chi connectivity index (χ4v) is 1.97. The van der Waals surface area contributed by atoms with E-state index in [0.29, 0.717) is 11.9 Å². The van der Waals surface area contributed by atoms with Crippen LogP contribution in [0.1, 0.15) is 19.4 Å². The number of halogens is 4. The highest BCUT2D eigenvalue weighted by atomic mass is 35.5. The molecular weight excluding hydrogens is 375 g/mol. The van der Waals surface area contributed by atoms with Gasteiger partial charge in [0.25, 0.3) is 5.06 Å². The van der Waals surface area contributed by atoms with Crippen molar-refractivity contribution in [2.45, 2.75) is 25.1 Å².